The quantitative estimate of drug-likeness (QED) is 0.680. The van der Waals surface area contributed by atoms with Crippen molar-refractivity contribution in [1.82, 2.24) is 4.90 Å². The largest absolute Gasteiger partial charge is 0.383 e. The number of ketones is 1. The fourth-order valence-electron chi connectivity index (χ4n) is 2.45. The Balaban J connectivity index is 2.00. The smallest absolute Gasteiger partial charge is 0.176 e. The molecule has 20 heavy (non-hydrogen) atoms. The molecule has 1 aromatic carbocycles. The van der Waals surface area contributed by atoms with E-state index in [2.05, 4.69) is 27.8 Å². The van der Waals surface area contributed by atoms with Crippen molar-refractivity contribution in [2.75, 3.05) is 26.8 Å². The highest BCUT2D eigenvalue weighted by Gasteiger charge is 2.32. The van der Waals surface area contributed by atoms with Crippen LogP contribution in [-0.2, 0) is 4.74 Å². The molecule has 0 heterocycles. The summed E-state index contributed by atoms with van der Waals surface area (Å²) in [5.41, 5.74) is 0.768. The molecule has 1 unspecified atom stereocenters. The van der Waals surface area contributed by atoms with Gasteiger partial charge in [-0.25, -0.2) is 0 Å². The Kier molecular flexibility index (Phi) is 5.75. The zero-order valence-corrected chi connectivity index (χ0v) is 13.7. The van der Waals surface area contributed by atoms with Gasteiger partial charge in [-0.3, -0.25) is 9.69 Å². The molecular formula is C16H22BrNO2. The molecule has 1 aromatic rings. The summed E-state index contributed by atoms with van der Waals surface area (Å²) >= 11 is 3.41. The van der Waals surface area contributed by atoms with E-state index in [4.69, 9.17) is 4.74 Å². The standard InChI is InChI=1S/C16H22BrNO2/c1-12(13-6-7-13)18(8-9-20-2)11-16(19)14-4-3-5-15(17)10-14/h3-5,10,12-13H,6-9,11H2,1-2H3. The van der Waals surface area contributed by atoms with E-state index < -0.39 is 0 Å². The summed E-state index contributed by atoms with van der Waals surface area (Å²) in [6.45, 7) is 4.18. The van der Waals surface area contributed by atoms with E-state index in [9.17, 15) is 4.79 Å². The van der Waals surface area contributed by atoms with Crippen LogP contribution in [0.25, 0.3) is 0 Å². The number of methoxy groups -OCH3 is 1. The van der Waals surface area contributed by atoms with Gasteiger partial charge in [0.1, 0.15) is 0 Å². The third-order valence-electron chi connectivity index (χ3n) is 3.96. The van der Waals surface area contributed by atoms with Crippen molar-refractivity contribution in [1.29, 1.82) is 0 Å². The molecule has 0 N–H and O–H groups in total. The Bertz CT molecular complexity index is 460. The predicted octanol–water partition coefficient (Wildman–Crippen LogP) is 3.38. The molecule has 2 rings (SSSR count). The lowest BCUT2D eigenvalue weighted by Crippen LogP contribution is -2.40. The van der Waals surface area contributed by atoms with Crippen LogP contribution < -0.4 is 0 Å². The van der Waals surface area contributed by atoms with Crippen LogP contribution in [0.5, 0.6) is 0 Å². The molecule has 1 saturated carbocycles. The second-order valence-corrected chi connectivity index (χ2v) is 6.39. The number of benzene rings is 1. The highest BCUT2D eigenvalue weighted by atomic mass is 79.9. The van der Waals surface area contributed by atoms with Gasteiger partial charge in [-0.05, 0) is 37.8 Å². The molecule has 1 atom stereocenters. The van der Waals surface area contributed by atoms with Crippen molar-refractivity contribution >= 4 is 21.7 Å². The lowest BCUT2D eigenvalue weighted by Gasteiger charge is -2.28. The number of halogens is 1. The average molecular weight is 340 g/mol. The van der Waals surface area contributed by atoms with Crippen LogP contribution in [-0.4, -0.2) is 43.5 Å². The van der Waals surface area contributed by atoms with Crippen molar-refractivity contribution in [3.05, 3.63) is 34.3 Å². The molecule has 1 fully saturated rings. The first-order valence-corrected chi connectivity index (χ1v) is 7.93. The highest BCUT2D eigenvalue weighted by molar-refractivity contribution is 9.10. The fourth-order valence-corrected chi connectivity index (χ4v) is 2.85. The van der Waals surface area contributed by atoms with Gasteiger partial charge in [-0.2, -0.15) is 0 Å². The lowest BCUT2D eigenvalue weighted by atomic mass is 10.1. The molecule has 0 spiro atoms. The van der Waals surface area contributed by atoms with Crippen LogP contribution in [0.4, 0.5) is 0 Å². The number of hydrogen-bond donors (Lipinski definition) is 0. The Labute approximate surface area is 129 Å². The third-order valence-corrected chi connectivity index (χ3v) is 4.45. The summed E-state index contributed by atoms with van der Waals surface area (Å²) in [4.78, 5) is 14.7. The number of carbonyl (C=O) groups excluding carboxylic acids is 1. The van der Waals surface area contributed by atoms with Crippen molar-refractivity contribution in [2.24, 2.45) is 5.92 Å². The minimum atomic E-state index is 0.176. The molecule has 0 amide bonds. The molecule has 1 aliphatic rings. The van der Waals surface area contributed by atoms with Crippen molar-refractivity contribution in [3.63, 3.8) is 0 Å². The maximum absolute atomic E-state index is 12.4. The number of hydrogen-bond acceptors (Lipinski definition) is 3. The monoisotopic (exact) mass is 339 g/mol. The van der Waals surface area contributed by atoms with E-state index in [1.165, 1.54) is 12.8 Å². The summed E-state index contributed by atoms with van der Waals surface area (Å²) < 4.78 is 6.11. The minimum Gasteiger partial charge on any atom is -0.383 e. The highest BCUT2D eigenvalue weighted by Crippen LogP contribution is 2.35. The van der Waals surface area contributed by atoms with Gasteiger partial charge in [-0.15, -0.1) is 0 Å². The number of ether oxygens (including phenoxy) is 1. The molecular weight excluding hydrogens is 318 g/mol. The van der Waals surface area contributed by atoms with Crippen LogP contribution in [0, 0.1) is 5.92 Å². The van der Waals surface area contributed by atoms with Gasteiger partial charge in [0.2, 0.25) is 0 Å². The number of rotatable bonds is 8. The summed E-state index contributed by atoms with van der Waals surface area (Å²) in [5, 5.41) is 0. The SMILES string of the molecule is COCCN(CC(=O)c1cccc(Br)c1)C(C)C1CC1. The van der Waals surface area contributed by atoms with E-state index in [0.29, 0.717) is 19.2 Å². The first-order valence-electron chi connectivity index (χ1n) is 7.13. The first-order chi connectivity index (χ1) is 9.61. The lowest BCUT2D eigenvalue weighted by molar-refractivity contribution is 0.0816. The third kappa shape index (κ3) is 4.40. The zero-order chi connectivity index (χ0) is 14.5. The maximum atomic E-state index is 12.4. The average Bonchev–Trinajstić information content (AvgIpc) is 3.27. The maximum Gasteiger partial charge on any atom is 0.176 e. The summed E-state index contributed by atoms with van der Waals surface area (Å²) in [6.07, 6.45) is 2.57. The van der Waals surface area contributed by atoms with E-state index in [1.54, 1.807) is 7.11 Å². The van der Waals surface area contributed by atoms with Crippen LogP contribution in [0.15, 0.2) is 28.7 Å². The van der Waals surface area contributed by atoms with Gasteiger partial charge in [-0.1, -0.05) is 28.1 Å². The van der Waals surface area contributed by atoms with E-state index in [0.717, 1.165) is 22.5 Å². The van der Waals surface area contributed by atoms with Crippen LogP contribution in [0.3, 0.4) is 0 Å². The van der Waals surface area contributed by atoms with E-state index >= 15 is 0 Å². The number of nitrogens with zero attached hydrogens (tertiary/aromatic N) is 1. The van der Waals surface area contributed by atoms with E-state index in [-0.39, 0.29) is 5.78 Å². The van der Waals surface area contributed by atoms with Gasteiger partial charge in [0, 0.05) is 29.7 Å². The second-order valence-electron chi connectivity index (χ2n) is 5.47. The second kappa shape index (κ2) is 7.34. The Morgan fingerprint density at radius 1 is 1.50 bits per heavy atom. The van der Waals surface area contributed by atoms with Gasteiger partial charge >= 0.3 is 0 Å². The minimum absolute atomic E-state index is 0.176. The molecule has 0 aliphatic heterocycles. The molecule has 0 bridgehead atoms. The Morgan fingerprint density at radius 2 is 2.25 bits per heavy atom. The number of Topliss-reactive ketones (excluding diaryl/α,β-unsaturated/α-hetero) is 1. The predicted molar refractivity (Wildman–Crippen MR) is 84.1 cm³/mol. The van der Waals surface area contributed by atoms with Gasteiger partial charge in [0.15, 0.2) is 5.78 Å². The number of carbonyl (C=O) groups is 1. The molecule has 1 aliphatic carbocycles. The van der Waals surface area contributed by atoms with Gasteiger partial charge in [0.05, 0.1) is 13.2 Å². The Hall–Kier alpha value is -0.710. The molecule has 4 heteroatoms. The van der Waals surface area contributed by atoms with Gasteiger partial charge < -0.3 is 4.74 Å². The summed E-state index contributed by atoms with van der Waals surface area (Å²) in [5.74, 6) is 0.928. The van der Waals surface area contributed by atoms with E-state index in [1.807, 2.05) is 24.3 Å². The van der Waals surface area contributed by atoms with Crippen molar-refractivity contribution in [2.45, 2.75) is 25.8 Å². The van der Waals surface area contributed by atoms with Crippen LogP contribution in [0.1, 0.15) is 30.1 Å². The van der Waals surface area contributed by atoms with Crippen molar-refractivity contribution in [3.8, 4) is 0 Å². The fraction of sp³-hybridized carbons (Fsp3) is 0.562. The molecule has 0 saturated heterocycles. The van der Waals surface area contributed by atoms with Crippen LogP contribution >= 0.6 is 15.9 Å². The molecule has 110 valence electrons. The Morgan fingerprint density at radius 3 is 2.85 bits per heavy atom. The molecule has 0 aromatic heterocycles. The first kappa shape index (κ1) is 15.7. The summed E-state index contributed by atoms with van der Waals surface area (Å²) in [6, 6.07) is 8.07. The summed E-state index contributed by atoms with van der Waals surface area (Å²) in [7, 11) is 1.70. The van der Waals surface area contributed by atoms with Crippen molar-refractivity contribution < 1.29 is 9.53 Å². The normalized spacial score (nSPS) is 16.4. The molecule has 3 nitrogen and oxygen atoms in total. The molecule has 0 radical (unpaired) electrons. The van der Waals surface area contributed by atoms with Gasteiger partial charge in [0.25, 0.3) is 0 Å². The van der Waals surface area contributed by atoms with Crippen LogP contribution in [0.2, 0.25) is 0 Å². The topological polar surface area (TPSA) is 29.5 Å². The zero-order valence-electron chi connectivity index (χ0n) is 12.1.